The Bertz CT molecular complexity index is 675. The van der Waals surface area contributed by atoms with Gasteiger partial charge in [0.15, 0.2) is 11.5 Å². The number of methoxy groups -OCH3 is 1. The normalized spacial score (nSPS) is 10.8. The van der Waals surface area contributed by atoms with Gasteiger partial charge in [-0.15, -0.1) is 0 Å². The van der Waals surface area contributed by atoms with Gasteiger partial charge in [0.1, 0.15) is 0 Å². The molecule has 0 bridgehead atoms. The second-order valence-electron chi connectivity index (χ2n) is 4.69. The van der Waals surface area contributed by atoms with Crippen molar-refractivity contribution in [2.45, 2.75) is 13.5 Å². The van der Waals surface area contributed by atoms with Crippen LogP contribution in [0.3, 0.4) is 0 Å². The van der Waals surface area contributed by atoms with Gasteiger partial charge < -0.3 is 14.9 Å². The third kappa shape index (κ3) is 5.15. The highest BCUT2D eigenvalue weighted by atomic mass is 79.9. The maximum absolute atomic E-state index is 5.86. The number of nitrogens with zero attached hydrogens (tertiary/aromatic N) is 1. The summed E-state index contributed by atoms with van der Waals surface area (Å²) in [6.45, 7) is 3.13. The molecule has 0 radical (unpaired) electrons. The molecule has 0 saturated carbocycles. The van der Waals surface area contributed by atoms with Crippen LogP contribution in [0, 0.1) is 0 Å². The molecule has 2 aromatic carbocycles. The first-order valence-corrected chi connectivity index (χ1v) is 8.31. The molecular weight excluding hydrogens is 380 g/mol. The van der Waals surface area contributed by atoms with Crippen LogP contribution in [-0.4, -0.2) is 19.9 Å². The Hall–Kier alpha value is -1.72. The Labute approximate surface area is 149 Å². The number of hydrogen-bond acceptors (Lipinski definition) is 4. The molecule has 0 unspecified atom stereocenters. The second-order valence-corrected chi connectivity index (χ2v) is 5.98. The molecule has 0 aliphatic heterocycles. The van der Waals surface area contributed by atoms with Crippen LogP contribution >= 0.6 is 27.5 Å². The smallest absolute Gasteiger partial charge is 0.175 e. The molecule has 0 aliphatic rings. The highest BCUT2D eigenvalue weighted by molar-refractivity contribution is 9.10. The molecule has 2 rings (SSSR count). The van der Waals surface area contributed by atoms with E-state index in [0.717, 1.165) is 20.6 Å². The zero-order valence-electron chi connectivity index (χ0n) is 13.0. The Morgan fingerprint density at radius 3 is 2.65 bits per heavy atom. The summed E-state index contributed by atoms with van der Waals surface area (Å²) in [4.78, 5) is 0. The Balaban J connectivity index is 2.01. The van der Waals surface area contributed by atoms with E-state index in [2.05, 4.69) is 26.5 Å². The summed E-state index contributed by atoms with van der Waals surface area (Å²) in [5.41, 5.74) is 5.02. The largest absolute Gasteiger partial charge is 0.493 e. The van der Waals surface area contributed by atoms with E-state index < -0.39 is 0 Å². The Morgan fingerprint density at radius 2 is 2.00 bits per heavy atom. The van der Waals surface area contributed by atoms with Crippen molar-refractivity contribution in [3.63, 3.8) is 0 Å². The molecule has 0 aromatic heterocycles. The number of hydrazone groups is 1. The SMILES string of the molecule is CCOc1c(Br)cc(/C=N\NCc2ccc(Cl)cc2)cc1OC. The fourth-order valence-corrected chi connectivity index (χ4v) is 2.66. The lowest BCUT2D eigenvalue weighted by molar-refractivity contribution is 0.309. The van der Waals surface area contributed by atoms with Crippen LogP contribution < -0.4 is 14.9 Å². The minimum atomic E-state index is 0.574. The van der Waals surface area contributed by atoms with Crippen molar-refractivity contribution in [3.05, 3.63) is 57.0 Å². The zero-order valence-corrected chi connectivity index (χ0v) is 15.3. The molecular formula is C17H18BrClN2O2. The lowest BCUT2D eigenvalue weighted by atomic mass is 10.2. The first-order chi connectivity index (χ1) is 11.1. The average Bonchev–Trinajstić information content (AvgIpc) is 2.55. The lowest BCUT2D eigenvalue weighted by Gasteiger charge is -2.12. The number of rotatable bonds is 7. The zero-order chi connectivity index (χ0) is 16.7. The van der Waals surface area contributed by atoms with Gasteiger partial charge in [0.05, 0.1) is 30.9 Å². The van der Waals surface area contributed by atoms with Gasteiger partial charge in [-0.2, -0.15) is 5.10 Å². The molecule has 0 heterocycles. The molecule has 0 aliphatic carbocycles. The third-order valence-corrected chi connectivity index (χ3v) is 3.88. The predicted molar refractivity (Wildman–Crippen MR) is 97.7 cm³/mol. The summed E-state index contributed by atoms with van der Waals surface area (Å²) < 4.78 is 11.8. The van der Waals surface area contributed by atoms with Crippen molar-refractivity contribution in [1.29, 1.82) is 0 Å². The molecule has 0 atom stereocenters. The standard InChI is InChI=1S/C17H18BrClN2O2/c1-3-23-17-15(18)8-13(9-16(17)22-2)11-21-20-10-12-4-6-14(19)7-5-12/h4-9,11,20H,3,10H2,1-2H3/b21-11-. The van der Waals surface area contributed by atoms with Crippen molar-refractivity contribution in [3.8, 4) is 11.5 Å². The van der Waals surface area contributed by atoms with Gasteiger partial charge in [0.2, 0.25) is 0 Å². The molecule has 0 saturated heterocycles. The van der Waals surface area contributed by atoms with Gasteiger partial charge in [-0.1, -0.05) is 23.7 Å². The van der Waals surface area contributed by atoms with E-state index in [1.54, 1.807) is 13.3 Å². The maximum Gasteiger partial charge on any atom is 0.175 e. The van der Waals surface area contributed by atoms with E-state index in [0.29, 0.717) is 24.7 Å². The average molecular weight is 398 g/mol. The van der Waals surface area contributed by atoms with E-state index in [-0.39, 0.29) is 0 Å². The topological polar surface area (TPSA) is 42.8 Å². The van der Waals surface area contributed by atoms with Gasteiger partial charge in [-0.3, -0.25) is 0 Å². The molecule has 0 amide bonds. The Morgan fingerprint density at radius 1 is 1.26 bits per heavy atom. The number of nitrogens with one attached hydrogen (secondary N) is 1. The fraction of sp³-hybridized carbons (Fsp3) is 0.235. The van der Waals surface area contributed by atoms with Crippen molar-refractivity contribution >= 4 is 33.7 Å². The van der Waals surface area contributed by atoms with Crippen molar-refractivity contribution in [2.75, 3.05) is 13.7 Å². The molecule has 0 spiro atoms. The van der Waals surface area contributed by atoms with Crippen LogP contribution in [0.1, 0.15) is 18.1 Å². The van der Waals surface area contributed by atoms with Gasteiger partial charge in [-0.05, 0) is 58.2 Å². The minimum Gasteiger partial charge on any atom is -0.493 e. The maximum atomic E-state index is 5.86. The van der Waals surface area contributed by atoms with E-state index in [4.69, 9.17) is 21.1 Å². The quantitative estimate of drug-likeness (QED) is 0.547. The van der Waals surface area contributed by atoms with Gasteiger partial charge >= 0.3 is 0 Å². The van der Waals surface area contributed by atoms with Crippen molar-refractivity contribution in [2.24, 2.45) is 5.10 Å². The monoisotopic (exact) mass is 396 g/mol. The lowest BCUT2D eigenvalue weighted by Crippen LogP contribution is -2.05. The van der Waals surface area contributed by atoms with Crippen molar-refractivity contribution < 1.29 is 9.47 Å². The van der Waals surface area contributed by atoms with E-state index >= 15 is 0 Å². The first-order valence-electron chi connectivity index (χ1n) is 7.14. The molecule has 6 heteroatoms. The highest BCUT2D eigenvalue weighted by Gasteiger charge is 2.10. The van der Waals surface area contributed by atoms with Crippen LogP contribution in [0.2, 0.25) is 5.02 Å². The van der Waals surface area contributed by atoms with E-state index in [1.165, 1.54) is 0 Å². The Kier molecular flexibility index (Phi) is 6.74. The molecule has 1 N–H and O–H groups in total. The van der Waals surface area contributed by atoms with E-state index in [1.807, 2.05) is 43.3 Å². The first kappa shape index (κ1) is 17.6. The van der Waals surface area contributed by atoms with Gasteiger partial charge in [-0.25, -0.2) is 0 Å². The minimum absolute atomic E-state index is 0.574. The molecule has 4 nitrogen and oxygen atoms in total. The molecule has 23 heavy (non-hydrogen) atoms. The summed E-state index contributed by atoms with van der Waals surface area (Å²) in [6.07, 6.45) is 1.74. The number of hydrogen-bond donors (Lipinski definition) is 1. The summed E-state index contributed by atoms with van der Waals surface area (Å²) in [7, 11) is 1.62. The van der Waals surface area contributed by atoms with Crippen LogP contribution in [0.25, 0.3) is 0 Å². The highest BCUT2D eigenvalue weighted by Crippen LogP contribution is 2.36. The number of ether oxygens (including phenoxy) is 2. The summed E-state index contributed by atoms with van der Waals surface area (Å²) >= 11 is 9.35. The van der Waals surface area contributed by atoms with Crippen LogP contribution in [0.15, 0.2) is 46.0 Å². The van der Waals surface area contributed by atoms with Crippen LogP contribution in [-0.2, 0) is 6.54 Å². The summed E-state index contributed by atoms with van der Waals surface area (Å²) in [5, 5.41) is 4.95. The van der Waals surface area contributed by atoms with Crippen molar-refractivity contribution in [1.82, 2.24) is 5.43 Å². The second kappa shape index (κ2) is 8.79. The van der Waals surface area contributed by atoms with E-state index in [9.17, 15) is 0 Å². The molecule has 2 aromatic rings. The van der Waals surface area contributed by atoms with Crippen LogP contribution in [0.4, 0.5) is 0 Å². The molecule has 0 fully saturated rings. The molecule has 122 valence electrons. The predicted octanol–water partition coefficient (Wildman–Crippen LogP) is 4.63. The number of benzene rings is 2. The number of halogens is 2. The summed E-state index contributed by atoms with van der Waals surface area (Å²) in [5.74, 6) is 1.36. The van der Waals surface area contributed by atoms with Crippen LogP contribution in [0.5, 0.6) is 11.5 Å². The summed E-state index contributed by atoms with van der Waals surface area (Å²) in [6, 6.07) is 11.4. The third-order valence-electron chi connectivity index (χ3n) is 3.04. The van der Waals surface area contributed by atoms with Gasteiger partial charge in [0, 0.05) is 5.02 Å². The van der Waals surface area contributed by atoms with Gasteiger partial charge in [0.25, 0.3) is 0 Å². The fourth-order valence-electron chi connectivity index (χ4n) is 1.96.